The monoisotopic (exact) mass is 562 g/mol. The average Bonchev–Trinajstić information content (AvgIpc) is 2.98. The number of nitrogen functional groups attached to an aromatic ring is 1. The van der Waals surface area contributed by atoms with Crippen LogP contribution in [0.3, 0.4) is 0 Å². The minimum atomic E-state index is 0.750. The maximum atomic E-state index is 6.64. The zero-order valence-electron chi connectivity index (χ0n) is 16.7. The Labute approximate surface area is 202 Å². The zero-order chi connectivity index (χ0) is 21.3. The van der Waals surface area contributed by atoms with Crippen molar-refractivity contribution in [3.8, 4) is 0 Å². The van der Waals surface area contributed by atoms with Crippen molar-refractivity contribution in [2.45, 2.75) is 35.4 Å². The molecule has 154 valence electrons. The lowest BCUT2D eigenvalue weighted by molar-refractivity contribution is -0.635. The Morgan fingerprint density at radius 2 is 1.47 bits per heavy atom. The van der Waals surface area contributed by atoms with Gasteiger partial charge in [-0.05, 0) is 93.2 Å². The first-order chi connectivity index (χ1) is 14.4. The maximum absolute atomic E-state index is 6.64. The summed E-state index contributed by atoms with van der Waals surface area (Å²) < 4.78 is 6.62. The molecule has 1 heterocycles. The van der Waals surface area contributed by atoms with Gasteiger partial charge < -0.3 is 0 Å². The maximum Gasteiger partial charge on any atom is 0.357 e. The minimum absolute atomic E-state index is 0.750. The third kappa shape index (κ3) is 4.59. The number of fused-ring (bicyclic) bond motifs is 1. The normalized spacial score (nSPS) is 11.3. The number of nitrogens with two attached hydrogens (primary N) is 1. The predicted octanol–water partition coefficient (Wildman–Crippen LogP) is 7.15. The second kappa shape index (κ2) is 9.39. The summed E-state index contributed by atoms with van der Waals surface area (Å²) in [7, 11) is 0. The highest BCUT2D eigenvalue weighted by atomic mass is 79.9. The Morgan fingerprint density at radius 3 is 2.10 bits per heavy atom. The van der Waals surface area contributed by atoms with Crippen molar-refractivity contribution >= 4 is 72.4 Å². The average molecular weight is 564 g/mol. The number of imidazole rings is 1. The van der Waals surface area contributed by atoms with E-state index >= 15 is 0 Å². The summed E-state index contributed by atoms with van der Waals surface area (Å²) in [5.41, 5.74) is 11.4. The van der Waals surface area contributed by atoms with Crippen LogP contribution in [0.4, 0.5) is 5.95 Å². The topological polar surface area (TPSA) is 34.8 Å². The van der Waals surface area contributed by atoms with Crippen molar-refractivity contribution in [3.63, 3.8) is 0 Å². The van der Waals surface area contributed by atoms with Crippen molar-refractivity contribution in [2.24, 2.45) is 0 Å². The van der Waals surface area contributed by atoms with Gasteiger partial charge in [0.1, 0.15) is 22.8 Å². The van der Waals surface area contributed by atoms with E-state index in [1.165, 1.54) is 20.9 Å². The largest absolute Gasteiger partial charge is 0.357 e. The SMILES string of the molecule is Cc1ccc(SCn2c(N)[n+](CSc3ccc(C)cc3Br)c3ccccc32)c(Br)c1. The van der Waals surface area contributed by atoms with Crippen molar-refractivity contribution in [1.82, 2.24) is 4.57 Å². The van der Waals surface area contributed by atoms with Crippen LogP contribution in [0.1, 0.15) is 11.1 Å². The number of hydrogen-bond acceptors (Lipinski definition) is 3. The van der Waals surface area contributed by atoms with Gasteiger partial charge in [0.05, 0.1) is 0 Å². The summed E-state index contributed by atoms with van der Waals surface area (Å²) in [5, 5.41) is 0. The quantitative estimate of drug-likeness (QED) is 0.200. The van der Waals surface area contributed by atoms with Crippen LogP contribution < -0.4 is 10.3 Å². The first-order valence-electron chi connectivity index (χ1n) is 9.48. The number of anilines is 1. The van der Waals surface area contributed by atoms with E-state index < -0.39 is 0 Å². The van der Waals surface area contributed by atoms with Crippen LogP contribution in [0.15, 0.2) is 79.4 Å². The Kier molecular flexibility index (Phi) is 6.82. The molecule has 4 rings (SSSR count). The molecule has 0 atom stereocenters. The van der Waals surface area contributed by atoms with Crippen LogP contribution in [0.5, 0.6) is 0 Å². The molecule has 7 heteroatoms. The summed E-state index contributed by atoms with van der Waals surface area (Å²) in [5.74, 6) is 2.27. The van der Waals surface area contributed by atoms with Crippen molar-refractivity contribution < 1.29 is 4.57 Å². The molecule has 30 heavy (non-hydrogen) atoms. The molecule has 3 nitrogen and oxygen atoms in total. The van der Waals surface area contributed by atoms with Gasteiger partial charge >= 0.3 is 5.95 Å². The van der Waals surface area contributed by atoms with Crippen LogP contribution in [0.25, 0.3) is 11.0 Å². The molecule has 0 saturated heterocycles. The molecule has 0 spiro atoms. The fraction of sp³-hybridized carbons (Fsp3) is 0.174. The standard InChI is InChI=1S/C23H21Br2N3S2/c1-15-7-9-21(17(24)11-15)29-13-27-19-5-3-4-6-20(19)28(23(27)26)14-30-22-10-8-16(2)12-18(22)25/h3-12,26H,13-14H2,1-2H3/p+1. The summed E-state index contributed by atoms with van der Waals surface area (Å²) in [6.07, 6.45) is 0. The van der Waals surface area contributed by atoms with E-state index in [0.717, 1.165) is 37.7 Å². The van der Waals surface area contributed by atoms with Gasteiger partial charge in [0.15, 0.2) is 0 Å². The highest BCUT2D eigenvalue weighted by molar-refractivity contribution is 9.10. The third-order valence-electron chi connectivity index (χ3n) is 4.89. The fourth-order valence-corrected chi connectivity index (χ4v) is 6.77. The van der Waals surface area contributed by atoms with Gasteiger partial charge in [-0.2, -0.15) is 0 Å². The number of aryl methyl sites for hydroxylation is 2. The van der Waals surface area contributed by atoms with Crippen molar-refractivity contribution in [3.05, 3.63) is 80.7 Å². The lowest BCUT2D eigenvalue weighted by Crippen LogP contribution is -2.35. The smallest absolute Gasteiger partial charge is 0.290 e. The van der Waals surface area contributed by atoms with Gasteiger partial charge in [0.2, 0.25) is 0 Å². The van der Waals surface area contributed by atoms with Crippen LogP contribution in [-0.2, 0) is 11.8 Å². The molecule has 0 aliphatic rings. The van der Waals surface area contributed by atoms with Gasteiger partial charge in [0.25, 0.3) is 0 Å². The first-order valence-corrected chi connectivity index (χ1v) is 13.0. The Hall–Kier alpha value is -1.41. The molecule has 0 aliphatic heterocycles. The molecule has 0 aliphatic carbocycles. The summed E-state index contributed by atoms with van der Waals surface area (Å²) in [6, 6.07) is 21.3. The third-order valence-corrected chi connectivity index (χ3v) is 8.84. The highest BCUT2D eigenvalue weighted by Crippen LogP contribution is 2.32. The van der Waals surface area contributed by atoms with Crippen LogP contribution in [-0.4, -0.2) is 4.57 Å². The van der Waals surface area contributed by atoms with Crippen LogP contribution >= 0.6 is 55.4 Å². The number of rotatable bonds is 6. The lowest BCUT2D eigenvalue weighted by atomic mass is 10.2. The number of aromatic nitrogens is 2. The van der Waals surface area contributed by atoms with E-state index in [9.17, 15) is 0 Å². The van der Waals surface area contributed by atoms with Crippen molar-refractivity contribution in [2.75, 3.05) is 5.73 Å². The molecule has 0 bridgehead atoms. The molecule has 0 amide bonds. The number of para-hydroxylation sites is 2. The highest BCUT2D eigenvalue weighted by Gasteiger charge is 2.21. The summed E-state index contributed by atoms with van der Waals surface area (Å²) >= 11 is 10.9. The van der Waals surface area contributed by atoms with Gasteiger partial charge in [-0.25, -0.2) is 9.13 Å². The van der Waals surface area contributed by atoms with Gasteiger partial charge in [-0.3, -0.25) is 5.73 Å². The molecular formula is C23H22Br2N3S2+. The van der Waals surface area contributed by atoms with Gasteiger partial charge in [-0.15, -0.1) is 0 Å². The number of benzene rings is 3. The van der Waals surface area contributed by atoms with Gasteiger partial charge in [0, 0.05) is 18.7 Å². The number of nitrogens with zero attached hydrogens (tertiary/aromatic N) is 2. The second-order valence-corrected chi connectivity index (χ2v) is 10.8. The fourth-order valence-electron chi connectivity index (χ4n) is 3.30. The van der Waals surface area contributed by atoms with E-state index in [2.05, 4.69) is 116 Å². The number of thioether (sulfide) groups is 2. The molecule has 2 N–H and O–H groups in total. The zero-order valence-corrected chi connectivity index (χ0v) is 21.5. The Bertz CT molecular complexity index is 1130. The first kappa shape index (κ1) is 21.8. The lowest BCUT2D eigenvalue weighted by Gasteiger charge is -2.06. The van der Waals surface area contributed by atoms with Crippen LogP contribution in [0, 0.1) is 13.8 Å². The van der Waals surface area contributed by atoms with E-state index in [4.69, 9.17) is 5.73 Å². The predicted molar refractivity (Wildman–Crippen MR) is 136 cm³/mol. The molecule has 0 fully saturated rings. The van der Waals surface area contributed by atoms with Gasteiger partial charge in [-0.1, -0.05) is 47.8 Å². The molecule has 0 saturated carbocycles. The van der Waals surface area contributed by atoms with E-state index in [1.807, 2.05) is 0 Å². The molecule has 1 aromatic heterocycles. The van der Waals surface area contributed by atoms with E-state index in [0.29, 0.717) is 0 Å². The van der Waals surface area contributed by atoms with Crippen molar-refractivity contribution in [1.29, 1.82) is 0 Å². The number of halogens is 2. The molecule has 0 radical (unpaired) electrons. The Morgan fingerprint density at radius 1 is 0.867 bits per heavy atom. The molecule has 4 aromatic rings. The summed E-state index contributed by atoms with van der Waals surface area (Å²) in [4.78, 5) is 2.42. The van der Waals surface area contributed by atoms with E-state index in [1.54, 1.807) is 23.5 Å². The Balaban J connectivity index is 1.62. The minimum Gasteiger partial charge on any atom is -0.290 e. The second-order valence-electron chi connectivity index (χ2n) is 7.12. The molecule has 0 unspecified atom stereocenters. The number of hydrogen-bond donors (Lipinski definition) is 1. The van der Waals surface area contributed by atoms with Crippen LogP contribution in [0.2, 0.25) is 0 Å². The molecular weight excluding hydrogens is 542 g/mol. The van der Waals surface area contributed by atoms with E-state index in [-0.39, 0.29) is 0 Å². The molecule has 3 aromatic carbocycles. The summed E-state index contributed by atoms with van der Waals surface area (Å²) in [6.45, 7) is 4.20.